The molecule has 0 unspecified atom stereocenters. The van der Waals surface area contributed by atoms with Gasteiger partial charge < -0.3 is 4.74 Å². The largest absolute Gasteiger partial charge is 0.489 e. The number of nitro benzene ring substituents is 1. The Morgan fingerprint density at radius 1 is 1.11 bits per heavy atom. The second kappa shape index (κ2) is 5.52. The maximum Gasteiger partial charge on any atom is 0.269 e. The highest BCUT2D eigenvalue weighted by Crippen LogP contribution is 2.19. The molecule has 0 spiro atoms. The standard InChI is InChI=1S/C15H15NO3/c1-11-3-4-12(2)13(9-11)10-19-15-7-5-14(6-8-15)16(17)18/h3-9H,10H2,1-2H3. The van der Waals surface area contributed by atoms with E-state index in [9.17, 15) is 10.1 Å². The van der Waals surface area contributed by atoms with Gasteiger partial charge in [-0.2, -0.15) is 0 Å². The predicted octanol–water partition coefficient (Wildman–Crippen LogP) is 3.79. The lowest BCUT2D eigenvalue weighted by molar-refractivity contribution is -0.384. The summed E-state index contributed by atoms with van der Waals surface area (Å²) in [5.41, 5.74) is 3.55. The van der Waals surface area contributed by atoms with E-state index in [1.165, 1.54) is 23.3 Å². The number of non-ortho nitro benzene ring substituents is 1. The van der Waals surface area contributed by atoms with E-state index in [0.717, 1.165) is 5.56 Å². The smallest absolute Gasteiger partial charge is 0.269 e. The molecule has 19 heavy (non-hydrogen) atoms. The summed E-state index contributed by atoms with van der Waals surface area (Å²) >= 11 is 0. The van der Waals surface area contributed by atoms with Gasteiger partial charge in [0.25, 0.3) is 5.69 Å². The highest BCUT2D eigenvalue weighted by Gasteiger charge is 2.05. The van der Waals surface area contributed by atoms with E-state index in [1.807, 2.05) is 13.8 Å². The first-order chi connectivity index (χ1) is 9.06. The second-order valence-corrected chi connectivity index (χ2v) is 4.47. The zero-order chi connectivity index (χ0) is 13.8. The number of aryl methyl sites for hydroxylation is 2. The summed E-state index contributed by atoms with van der Waals surface area (Å²) in [6.45, 7) is 4.54. The molecule has 0 aliphatic rings. The summed E-state index contributed by atoms with van der Waals surface area (Å²) in [6, 6.07) is 12.3. The van der Waals surface area contributed by atoms with Crippen molar-refractivity contribution in [2.75, 3.05) is 0 Å². The molecule has 0 aliphatic heterocycles. The van der Waals surface area contributed by atoms with Crippen LogP contribution in [-0.2, 0) is 6.61 Å². The van der Waals surface area contributed by atoms with Crippen molar-refractivity contribution in [3.8, 4) is 5.75 Å². The van der Waals surface area contributed by atoms with Gasteiger partial charge in [-0.3, -0.25) is 10.1 Å². The van der Waals surface area contributed by atoms with Gasteiger partial charge in [0.2, 0.25) is 0 Å². The SMILES string of the molecule is Cc1ccc(C)c(COc2ccc([N+](=O)[O-])cc2)c1. The van der Waals surface area contributed by atoms with E-state index in [2.05, 4.69) is 18.2 Å². The quantitative estimate of drug-likeness (QED) is 0.618. The Balaban J connectivity index is 2.06. The number of nitro groups is 1. The van der Waals surface area contributed by atoms with Crippen LogP contribution in [0.3, 0.4) is 0 Å². The van der Waals surface area contributed by atoms with Crippen LogP contribution in [0.25, 0.3) is 0 Å². The van der Waals surface area contributed by atoms with Gasteiger partial charge in [0.1, 0.15) is 12.4 Å². The Hall–Kier alpha value is -2.36. The second-order valence-electron chi connectivity index (χ2n) is 4.47. The van der Waals surface area contributed by atoms with E-state index in [-0.39, 0.29) is 5.69 Å². The van der Waals surface area contributed by atoms with Crippen molar-refractivity contribution in [2.24, 2.45) is 0 Å². The van der Waals surface area contributed by atoms with Crippen LogP contribution in [0.2, 0.25) is 0 Å². The van der Waals surface area contributed by atoms with Crippen LogP contribution in [-0.4, -0.2) is 4.92 Å². The van der Waals surface area contributed by atoms with Crippen molar-refractivity contribution in [1.82, 2.24) is 0 Å². The highest BCUT2D eigenvalue weighted by atomic mass is 16.6. The fourth-order valence-corrected chi connectivity index (χ4v) is 1.78. The number of ether oxygens (including phenoxy) is 1. The monoisotopic (exact) mass is 257 g/mol. The highest BCUT2D eigenvalue weighted by molar-refractivity contribution is 5.36. The lowest BCUT2D eigenvalue weighted by Crippen LogP contribution is -1.98. The van der Waals surface area contributed by atoms with E-state index in [1.54, 1.807) is 12.1 Å². The number of rotatable bonds is 4. The van der Waals surface area contributed by atoms with Gasteiger partial charge in [-0.05, 0) is 37.1 Å². The molecule has 0 heterocycles. The molecule has 0 aliphatic carbocycles. The summed E-state index contributed by atoms with van der Waals surface area (Å²) in [6.07, 6.45) is 0. The summed E-state index contributed by atoms with van der Waals surface area (Å²) in [4.78, 5) is 10.1. The van der Waals surface area contributed by atoms with Crippen molar-refractivity contribution in [2.45, 2.75) is 20.5 Å². The van der Waals surface area contributed by atoms with Gasteiger partial charge in [0, 0.05) is 12.1 Å². The van der Waals surface area contributed by atoms with Crippen LogP contribution in [0.1, 0.15) is 16.7 Å². The molecule has 0 saturated heterocycles. The van der Waals surface area contributed by atoms with Crippen molar-refractivity contribution in [3.63, 3.8) is 0 Å². The lowest BCUT2D eigenvalue weighted by atomic mass is 10.1. The molecule has 0 N–H and O–H groups in total. The normalized spacial score (nSPS) is 10.2. The molecule has 2 rings (SSSR count). The minimum atomic E-state index is -0.422. The Bertz CT molecular complexity index is 591. The third kappa shape index (κ3) is 3.31. The van der Waals surface area contributed by atoms with Gasteiger partial charge in [-0.25, -0.2) is 0 Å². The maximum atomic E-state index is 10.5. The first-order valence-corrected chi connectivity index (χ1v) is 5.99. The Morgan fingerprint density at radius 3 is 2.42 bits per heavy atom. The van der Waals surface area contributed by atoms with Crippen LogP contribution in [0, 0.1) is 24.0 Å². The average Bonchev–Trinajstić information content (AvgIpc) is 2.40. The molecule has 98 valence electrons. The molecule has 2 aromatic rings. The minimum absolute atomic E-state index is 0.0686. The molecule has 0 atom stereocenters. The van der Waals surface area contributed by atoms with E-state index in [4.69, 9.17) is 4.74 Å². The Morgan fingerprint density at radius 2 is 1.79 bits per heavy atom. The van der Waals surface area contributed by atoms with Gasteiger partial charge in [-0.15, -0.1) is 0 Å². The topological polar surface area (TPSA) is 52.4 Å². The van der Waals surface area contributed by atoms with Crippen LogP contribution < -0.4 is 4.74 Å². The first kappa shape index (κ1) is 13.1. The van der Waals surface area contributed by atoms with Crippen molar-refractivity contribution in [3.05, 3.63) is 69.3 Å². The van der Waals surface area contributed by atoms with Crippen LogP contribution in [0.5, 0.6) is 5.75 Å². The third-order valence-electron chi connectivity index (χ3n) is 2.95. The Kier molecular flexibility index (Phi) is 3.80. The van der Waals surface area contributed by atoms with Gasteiger partial charge in [-0.1, -0.05) is 23.8 Å². The molecule has 2 aromatic carbocycles. The Labute approximate surface area is 111 Å². The molecule has 4 heteroatoms. The predicted molar refractivity (Wildman–Crippen MR) is 73.3 cm³/mol. The summed E-state index contributed by atoms with van der Waals surface area (Å²) < 4.78 is 5.64. The number of hydrogen-bond acceptors (Lipinski definition) is 3. The molecule has 0 bridgehead atoms. The molecule has 0 saturated carbocycles. The van der Waals surface area contributed by atoms with Crippen LogP contribution >= 0.6 is 0 Å². The minimum Gasteiger partial charge on any atom is -0.489 e. The summed E-state index contributed by atoms with van der Waals surface area (Å²) in [5, 5.41) is 10.5. The molecular formula is C15H15NO3. The zero-order valence-electron chi connectivity index (χ0n) is 10.9. The van der Waals surface area contributed by atoms with E-state index < -0.39 is 4.92 Å². The molecule has 0 fully saturated rings. The van der Waals surface area contributed by atoms with Crippen molar-refractivity contribution in [1.29, 1.82) is 0 Å². The lowest BCUT2D eigenvalue weighted by Gasteiger charge is -2.09. The molecular weight excluding hydrogens is 242 g/mol. The third-order valence-corrected chi connectivity index (χ3v) is 2.95. The average molecular weight is 257 g/mol. The fraction of sp³-hybridized carbons (Fsp3) is 0.200. The fourth-order valence-electron chi connectivity index (χ4n) is 1.78. The maximum absolute atomic E-state index is 10.5. The first-order valence-electron chi connectivity index (χ1n) is 5.99. The molecule has 0 radical (unpaired) electrons. The molecule has 0 aromatic heterocycles. The van der Waals surface area contributed by atoms with E-state index >= 15 is 0 Å². The van der Waals surface area contributed by atoms with Gasteiger partial charge >= 0.3 is 0 Å². The summed E-state index contributed by atoms with van der Waals surface area (Å²) in [7, 11) is 0. The van der Waals surface area contributed by atoms with Crippen LogP contribution in [0.4, 0.5) is 5.69 Å². The van der Waals surface area contributed by atoms with Crippen molar-refractivity contribution >= 4 is 5.69 Å². The molecule has 4 nitrogen and oxygen atoms in total. The number of hydrogen-bond donors (Lipinski definition) is 0. The number of nitrogens with zero attached hydrogens (tertiary/aromatic N) is 1. The van der Waals surface area contributed by atoms with Crippen LogP contribution in [0.15, 0.2) is 42.5 Å². The summed E-state index contributed by atoms with van der Waals surface area (Å²) in [5.74, 6) is 0.631. The zero-order valence-corrected chi connectivity index (χ0v) is 10.9. The molecule has 0 amide bonds. The number of benzene rings is 2. The van der Waals surface area contributed by atoms with Crippen molar-refractivity contribution < 1.29 is 9.66 Å². The van der Waals surface area contributed by atoms with Gasteiger partial charge in [0.15, 0.2) is 0 Å². The van der Waals surface area contributed by atoms with Gasteiger partial charge in [0.05, 0.1) is 4.92 Å². The van der Waals surface area contributed by atoms with E-state index in [0.29, 0.717) is 12.4 Å².